The van der Waals surface area contributed by atoms with Gasteiger partial charge >= 0.3 is 0 Å². The molecule has 140 valence electrons. The van der Waals surface area contributed by atoms with Gasteiger partial charge in [0.1, 0.15) is 19.0 Å². The summed E-state index contributed by atoms with van der Waals surface area (Å²) in [5.74, 6) is -1.18. The molecule has 0 saturated heterocycles. The van der Waals surface area contributed by atoms with Crippen LogP contribution in [0.2, 0.25) is 0 Å². The molecule has 0 fully saturated rings. The Morgan fingerprint density at radius 2 is 1.88 bits per heavy atom. The lowest BCUT2D eigenvalue weighted by atomic mass is 10.3. The molecule has 7 nitrogen and oxygen atoms in total. The highest BCUT2D eigenvalue weighted by atomic mass is 19.1. The molecule has 0 unspecified atom stereocenters. The average Bonchev–Trinajstić information content (AvgIpc) is 2.57. The second-order valence-electron chi connectivity index (χ2n) is 5.22. The highest BCUT2D eigenvalue weighted by Crippen LogP contribution is 2.17. The van der Waals surface area contributed by atoms with Gasteiger partial charge in [-0.2, -0.15) is 0 Å². The molecule has 1 aromatic rings. The molecule has 9 heteroatoms. The Morgan fingerprint density at radius 1 is 1.20 bits per heavy atom. The van der Waals surface area contributed by atoms with Gasteiger partial charge in [0.15, 0.2) is 17.5 Å². The SMILES string of the molecule is COCCNC(=NCC(=O)N(C)C)NCCOc1ccc(F)cc1F. The second kappa shape index (κ2) is 11.2. The lowest BCUT2D eigenvalue weighted by Gasteiger charge is -2.14. The fraction of sp³-hybridized carbons (Fsp3) is 0.500. The van der Waals surface area contributed by atoms with E-state index in [0.717, 1.165) is 12.1 Å². The number of ether oxygens (including phenoxy) is 2. The fourth-order valence-electron chi connectivity index (χ4n) is 1.66. The summed E-state index contributed by atoms with van der Waals surface area (Å²) in [6, 6.07) is 3.11. The van der Waals surface area contributed by atoms with E-state index in [2.05, 4.69) is 15.6 Å². The van der Waals surface area contributed by atoms with Crippen molar-refractivity contribution < 1.29 is 23.0 Å². The maximum atomic E-state index is 13.4. The second-order valence-corrected chi connectivity index (χ2v) is 5.22. The molecular formula is C16H24F2N4O3. The van der Waals surface area contributed by atoms with Crippen molar-refractivity contribution in [3.63, 3.8) is 0 Å². The third kappa shape index (κ3) is 8.30. The third-order valence-electron chi connectivity index (χ3n) is 3.02. The minimum absolute atomic E-state index is 0.0111. The van der Waals surface area contributed by atoms with Crippen LogP contribution in [-0.4, -0.2) is 70.8 Å². The van der Waals surface area contributed by atoms with Gasteiger partial charge in [0.25, 0.3) is 0 Å². The molecule has 0 radical (unpaired) electrons. The van der Waals surface area contributed by atoms with Crippen LogP contribution in [0.25, 0.3) is 0 Å². The topological polar surface area (TPSA) is 75.2 Å². The zero-order valence-corrected chi connectivity index (χ0v) is 14.6. The normalized spacial score (nSPS) is 11.2. The quantitative estimate of drug-likeness (QED) is 0.384. The lowest BCUT2D eigenvalue weighted by Crippen LogP contribution is -2.41. The van der Waals surface area contributed by atoms with E-state index in [0.29, 0.717) is 25.7 Å². The predicted molar refractivity (Wildman–Crippen MR) is 90.7 cm³/mol. The van der Waals surface area contributed by atoms with Gasteiger partial charge < -0.3 is 25.0 Å². The van der Waals surface area contributed by atoms with Crippen molar-refractivity contribution in [2.75, 3.05) is 54.1 Å². The van der Waals surface area contributed by atoms with E-state index in [1.54, 1.807) is 21.2 Å². The smallest absolute Gasteiger partial charge is 0.243 e. The predicted octanol–water partition coefficient (Wildman–Crippen LogP) is 0.613. The van der Waals surface area contributed by atoms with Crippen LogP contribution >= 0.6 is 0 Å². The molecule has 1 rings (SSSR count). The number of nitrogens with zero attached hydrogens (tertiary/aromatic N) is 2. The summed E-state index contributed by atoms with van der Waals surface area (Å²) in [7, 11) is 4.87. The van der Waals surface area contributed by atoms with Crippen LogP contribution in [-0.2, 0) is 9.53 Å². The molecule has 0 atom stereocenters. The first-order valence-corrected chi connectivity index (χ1v) is 7.73. The molecule has 0 aliphatic heterocycles. The molecule has 0 heterocycles. The van der Waals surface area contributed by atoms with E-state index in [9.17, 15) is 13.6 Å². The highest BCUT2D eigenvalue weighted by Gasteiger charge is 2.06. The maximum absolute atomic E-state index is 13.4. The molecule has 25 heavy (non-hydrogen) atoms. The van der Waals surface area contributed by atoms with Crippen molar-refractivity contribution in [3.05, 3.63) is 29.8 Å². The number of guanidine groups is 1. The Bertz CT molecular complexity index is 582. The van der Waals surface area contributed by atoms with Crippen LogP contribution in [0, 0.1) is 11.6 Å². The summed E-state index contributed by atoms with van der Waals surface area (Å²) < 4.78 is 36.5. The van der Waals surface area contributed by atoms with Gasteiger partial charge in [0.05, 0.1) is 13.2 Å². The fourth-order valence-corrected chi connectivity index (χ4v) is 1.66. The summed E-state index contributed by atoms with van der Waals surface area (Å²) in [6.07, 6.45) is 0. The van der Waals surface area contributed by atoms with E-state index in [-0.39, 0.29) is 24.8 Å². The van der Waals surface area contributed by atoms with E-state index < -0.39 is 11.6 Å². The number of amides is 1. The third-order valence-corrected chi connectivity index (χ3v) is 3.02. The van der Waals surface area contributed by atoms with Gasteiger partial charge in [0, 0.05) is 33.8 Å². The first-order valence-electron chi connectivity index (χ1n) is 7.73. The van der Waals surface area contributed by atoms with Crippen LogP contribution in [0.4, 0.5) is 8.78 Å². The molecule has 1 aromatic carbocycles. The highest BCUT2D eigenvalue weighted by molar-refractivity contribution is 5.84. The zero-order valence-electron chi connectivity index (χ0n) is 14.6. The van der Waals surface area contributed by atoms with Gasteiger partial charge in [-0.05, 0) is 12.1 Å². The van der Waals surface area contributed by atoms with Crippen molar-refractivity contribution in [2.45, 2.75) is 0 Å². The summed E-state index contributed by atoms with van der Waals surface area (Å²) >= 11 is 0. The Kier molecular flexibility index (Phi) is 9.23. The van der Waals surface area contributed by atoms with Crippen molar-refractivity contribution in [1.29, 1.82) is 0 Å². The molecule has 0 aromatic heterocycles. The first-order chi connectivity index (χ1) is 11.9. The largest absolute Gasteiger partial charge is 0.489 e. The van der Waals surface area contributed by atoms with Crippen molar-refractivity contribution in [3.8, 4) is 5.75 Å². The molecule has 1 amide bonds. The Balaban J connectivity index is 2.47. The van der Waals surface area contributed by atoms with Crippen LogP contribution in [0.5, 0.6) is 5.75 Å². The number of methoxy groups -OCH3 is 1. The Labute approximate surface area is 146 Å². The maximum Gasteiger partial charge on any atom is 0.243 e. The summed E-state index contributed by atoms with van der Waals surface area (Å²) in [4.78, 5) is 17.2. The van der Waals surface area contributed by atoms with E-state index in [1.807, 2.05) is 0 Å². The van der Waals surface area contributed by atoms with Gasteiger partial charge in [-0.25, -0.2) is 13.8 Å². The summed E-state index contributed by atoms with van der Waals surface area (Å²) in [5.41, 5.74) is 0. The first kappa shape index (κ1) is 20.6. The number of rotatable bonds is 9. The number of halogens is 2. The van der Waals surface area contributed by atoms with Crippen molar-refractivity contribution in [1.82, 2.24) is 15.5 Å². The number of benzene rings is 1. The molecule has 0 bridgehead atoms. The number of carbonyl (C=O) groups is 1. The van der Waals surface area contributed by atoms with Crippen molar-refractivity contribution >= 4 is 11.9 Å². The van der Waals surface area contributed by atoms with E-state index in [4.69, 9.17) is 9.47 Å². The van der Waals surface area contributed by atoms with Gasteiger partial charge in [-0.1, -0.05) is 0 Å². The van der Waals surface area contributed by atoms with E-state index >= 15 is 0 Å². The van der Waals surface area contributed by atoms with Crippen LogP contribution < -0.4 is 15.4 Å². The van der Waals surface area contributed by atoms with Crippen LogP contribution in [0.15, 0.2) is 23.2 Å². The number of nitrogens with one attached hydrogen (secondary N) is 2. The number of carbonyl (C=O) groups excluding carboxylic acids is 1. The van der Waals surface area contributed by atoms with Crippen molar-refractivity contribution in [2.24, 2.45) is 4.99 Å². The minimum Gasteiger partial charge on any atom is -0.489 e. The minimum atomic E-state index is -0.760. The van der Waals surface area contributed by atoms with Gasteiger partial charge in [0.2, 0.25) is 5.91 Å². The Hall–Kier alpha value is -2.42. The number of hydrogen-bond donors (Lipinski definition) is 2. The molecule has 0 aliphatic rings. The zero-order chi connectivity index (χ0) is 18.7. The van der Waals surface area contributed by atoms with E-state index in [1.165, 1.54) is 11.0 Å². The molecular weight excluding hydrogens is 334 g/mol. The van der Waals surface area contributed by atoms with Crippen LogP contribution in [0.3, 0.4) is 0 Å². The summed E-state index contributed by atoms with van der Waals surface area (Å²) in [5, 5.41) is 5.96. The Morgan fingerprint density at radius 3 is 2.48 bits per heavy atom. The average molecular weight is 358 g/mol. The number of aliphatic imine (C=N–C) groups is 1. The van der Waals surface area contributed by atoms with Gasteiger partial charge in [-0.15, -0.1) is 0 Å². The lowest BCUT2D eigenvalue weighted by molar-refractivity contribution is -0.127. The monoisotopic (exact) mass is 358 g/mol. The molecule has 0 saturated carbocycles. The number of hydrogen-bond acceptors (Lipinski definition) is 4. The van der Waals surface area contributed by atoms with Gasteiger partial charge in [-0.3, -0.25) is 4.79 Å². The molecule has 2 N–H and O–H groups in total. The molecule has 0 spiro atoms. The number of likely N-dealkylation sites (N-methyl/N-ethyl adjacent to an activating group) is 1. The van der Waals surface area contributed by atoms with Crippen LogP contribution in [0.1, 0.15) is 0 Å². The molecule has 0 aliphatic carbocycles. The standard InChI is InChI=1S/C16H24F2N4O3/c1-22(2)15(23)11-21-16(19-6-8-24-3)20-7-9-25-14-5-4-12(17)10-13(14)18/h4-5,10H,6-9,11H2,1-3H3,(H2,19,20,21). The summed E-state index contributed by atoms with van der Waals surface area (Å²) in [6.45, 7) is 1.41.